The minimum Gasteiger partial charge on any atom is -0.394 e. The first-order chi connectivity index (χ1) is 8.43. The SMILES string of the molecule is CC(C)Cc1cc(C(=O)N[C@H](CO)C(C)C)n[nH]1. The van der Waals surface area contributed by atoms with Crippen LogP contribution in [0.3, 0.4) is 0 Å². The number of hydrogen-bond donors (Lipinski definition) is 3. The fraction of sp³-hybridized carbons (Fsp3) is 0.692. The largest absolute Gasteiger partial charge is 0.394 e. The Bertz CT molecular complexity index is 385. The number of hydrogen-bond acceptors (Lipinski definition) is 3. The number of aromatic amines is 1. The molecule has 0 bridgehead atoms. The van der Waals surface area contributed by atoms with Crippen LogP contribution >= 0.6 is 0 Å². The molecule has 18 heavy (non-hydrogen) atoms. The lowest BCUT2D eigenvalue weighted by Gasteiger charge is -2.18. The molecule has 1 aromatic heterocycles. The van der Waals surface area contributed by atoms with Gasteiger partial charge in [-0.25, -0.2) is 0 Å². The van der Waals surface area contributed by atoms with E-state index in [4.69, 9.17) is 0 Å². The molecule has 0 unspecified atom stereocenters. The normalized spacial score (nSPS) is 13.1. The average molecular weight is 253 g/mol. The van der Waals surface area contributed by atoms with Gasteiger partial charge in [0.15, 0.2) is 0 Å². The smallest absolute Gasteiger partial charge is 0.272 e. The van der Waals surface area contributed by atoms with Gasteiger partial charge in [-0.2, -0.15) is 5.10 Å². The van der Waals surface area contributed by atoms with Crippen LogP contribution in [-0.4, -0.2) is 33.9 Å². The predicted molar refractivity (Wildman–Crippen MR) is 70.3 cm³/mol. The number of aliphatic hydroxyl groups excluding tert-OH is 1. The van der Waals surface area contributed by atoms with Gasteiger partial charge in [-0.1, -0.05) is 27.7 Å². The molecule has 0 spiro atoms. The van der Waals surface area contributed by atoms with Crippen molar-refractivity contribution in [3.8, 4) is 0 Å². The minimum atomic E-state index is -0.242. The Hall–Kier alpha value is -1.36. The molecule has 1 atom stereocenters. The van der Waals surface area contributed by atoms with Crippen LogP contribution in [0.1, 0.15) is 43.9 Å². The minimum absolute atomic E-state index is 0.0628. The maximum Gasteiger partial charge on any atom is 0.272 e. The second kappa shape index (κ2) is 6.54. The van der Waals surface area contributed by atoms with E-state index in [9.17, 15) is 9.90 Å². The van der Waals surface area contributed by atoms with Gasteiger partial charge in [-0.05, 0) is 24.3 Å². The highest BCUT2D eigenvalue weighted by molar-refractivity contribution is 5.92. The number of aromatic nitrogens is 2. The van der Waals surface area contributed by atoms with E-state index >= 15 is 0 Å². The molecule has 102 valence electrons. The van der Waals surface area contributed by atoms with Gasteiger partial charge in [-0.3, -0.25) is 9.89 Å². The Balaban J connectivity index is 2.64. The van der Waals surface area contributed by atoms with Crippen molar-refractivity contribution < 1.29 is 9.90 Å². The van der Waals surface area contributed by atoms with E-state index in [0.717, 1.165) is 12.1 Å². The number of nitrogens with zero attached hydrogens (tertiary/aromatic N) is 1. The molecule has 5 heteroatoms. The van der Waals surface area contributed by atoms with Crippen LogP contribution in [0.25, 0.3) is 0 Å². The molecule has 0 fully saturated rings. The van der Waals surface area contributed by atoms with Gasteiger partial charge in [0.2, 0.25) is 0 Å². The average Bonchev–Trinajstić information content (AvgIpc) is 2.72. The van der Waals surface area contributed by atoms with E-state index in [1.807, 2.05) is 13.8 Å². The van der Waals surface area contributed by atoms with Gasteiger partial charge in [0, 0.05) is 5.69 Å². The summed E-state index contributed by atoms with van der Waals surface area (Å²) in [5.41, 5.74) is 1.34. The molecule has 1 rings (SSSR count). The number of H-pyrrole nitrogens is 1. The van der Waals surface area contributed by atoms with Gasteiger partial charge >= 0.3 is 0 Å². The fourth-order valence-corrected chi connectivity index (χ4v) is 1.69. The summed E-state index contributed by atoms with van der Waals surface area (Å²) in [6.45, 7) is 8.07. The molecule has 5 nitrogen and oxygen atoms in total. The van der Waals surface area contributed by atoms with Crippen molar-refractivity contribution in [2.75, 3.05) is 6.61 Å². The van der Waals surface area contributed by atoms with Crippen LogP contribution in [0.4, 0.5) is 0 Å². The highest BCUT2D eigenvalue weighted by Gasteiger charge is 2.18. The molecular formula is C13H23N3O2. The molecule has 0 saturated carbocycles. The van der Waals surface area contributed by atoms with E-state index in [1.54, 1.807) is 6.07 Å². The van der Waals surface area contributed by atoms with Crippen molar-refractivity contribution in [1.29, 1.82) is 0 Å². The van der Waals surface area contributed by atoms with Crippen LogP contribution in [0.5, 0.6) is 0 Å². The van der Waals surface area contributed by atoms with Crippen LogP contribution in [0.15, 0.2) is 6.07 Å². The Morgan fingerprint density at radius 1 is 1.44 bits per heavy atom. The van der Waals surface area contributed by atoms with Crippen molar-refractivity contribution in [3.05, 3.63) is 17.5 Å². The van der Waals surface area contributed by atoms with Crippen LogP contribution in [0.2, 0.25) is 0 Å². The highest BCUT2D eigenvalue weighted by Crippen LogP contribution is 2.08. The Morgan fingerprint density at radius 3 is 2.61 bits per heavy atom. The lowest BCUT2D eigenvalue weighted by molar-refractivity contribution is 0.0891. The van der Waals surface area contributed by atoms with Crippen molar-refractivity contribution in [2.45, 2.75) is 40.2 Å². The van der Waals surface area contributed by atoms with E-state index < -0.39 is 0 Å². The van der Waals surface area contributed by atoms with E-state index in [1.165, 1.54) is 0 Å². The lowest BCUT2D eigenvalue weighted by atomic mass is 10.1. The van der Waals surface area contributed by atoms with Gasteiger partial charge < -0.3 is 10.4 Å². The fourth-order valence-electron chi connectivity index (χ4n) is 1.69. The van der Waals surface area contributed by atoms with E-state index in [0.29, 0.717) is 11.6 Å². The summed E-state index contributed by atoms with van der Waals surface area (Å²) in [6, 6.07) is 1.53. The molecule has 0 aliphatic heterocycles. The van der Waals surface area contributed by atoms with Crippen LogP contribution in [-0.2, 0) is 6.42 Å². The van der Waals surface area contributed by atoms with Crippen molar-refractivity contribution >= 4 is 5.91 Å². The Kier molecular flexibility index (Phi) is 5.34. The third kappa shape index (κ3) is 4.14. The summed E-state index contributed by atoms with van der Waals surface area (Å²) in [5, 5.41) is 18.8. The second-order valence-electron chi connectivity index (χ2n) is 5.38. The van der Waals surface area contributed by atoms with Crippen LogP contribution in [0, 0.1) is 11.8 Å². The first-order valence-corrected chi connectivity index (χ1v) is 6.40. The first-order valence-electron chi connectivity index (χ1n) is 6.40. The Labute approximate surface area is 108 Å². The maximum atomic E-state index is 11.9. The maximum absolute atomic E-state index is 11.9. The molecule has 1 aromatic rings. The quantitative estimate of drug-likeness (QED) is 0.716. The zero-order chi connectivity index (χ0) is 13.7. The first kappa shape index (κ1) is 14.7. The predicted octanol–water partition coefficient (Wildman–Crippen LogP) is 1.35. The summed E-state index contributed by atoms with van der Waals surface area (Å²) in [7, 11) is 0. The number of carbonyl (C=O) groups is 1. The van der Waals surface area contributed by atoms with Crippen molar-refractivity contribution in [3.63, 3.8) is 0 Å². The summed E-state index contributed by atoms with van der Waals surface area (Å²) in [6.07, 6.45) is 0.869. The number of carbonyl (C=O) groups excluding carboxylic acids is 1. The molecule has 0 aromatic carbocycles. The van der Waals surface area contributed by atoms with E-state index in [-0.39, 0.29) is 24.5 Å². The third-order valence-corrected chi connectivity index (χ3v) is 2.81. The molecule has 1 amide bonds. The van der Waals surface area contributed by atoms with E-state index in [2.05, 4.69) is 29.4 Å². The Morgan fingerprint density at radius 2 is 2.11 bits per heavy atom. The standard InChI is InChI=1S/C13H23N3O2/c1-8(2)5-10-6-11(16-15-10)13(18)14-12(7-17)9(3)4/h6,8-9,12,17H,5,7H2,1-4H3,(H,14,18)(H,15,16)/t12-/m1/s1. The topological polar surface area (TPSA) is 78.0 Å². The summed E-state index contributed by atoms with van der Waals surface area (Å²) >= 11 is 0. The second-order valence-corrected chi connectivity index (χ2v) is 5.38. The molecule has 3 N–H and O–H groups in total. The highest BCUT2D eigenvalue weighted by atomic mass is 16.3. The molecule has 1 heterocycles. The number of nitrogens with one attached hydrogen (secondary N) is 2. The summed E-state index contributed by atoms with van der Waals surface area (Å²) in [5.74, 6) is 0.462. The van der Waals surface area contributed by atoms with Crippen molar-refractivity contribution in [2.24, 2.45) is 11.8 Å². The van der Waals surface area contributed by atoms with Crippen LogP contribution < -0.4 is 5.32 Å². The number of rotatable bonds is 6. The monoisotopic (exact) mass is 253 g/mol. The molecular weight excluding hydrogens is 230 g/mol. The number of amides is 1. The lowest BCUT2D eigenvalue weighted by Crippen LogP contribution is -2.41. The van der Waals surface area contributed by atoms with Crippen molar-refractivity contribution in [1.82, 2.24) is 15.5 Å². The van der Waals surface area contributed by atoms with Gasteiger partial charge in [-0.15, -0.1) is 0 Å². The summed E-state index contributed by atoms with van der Waals surface area (Å²) < 4.78 is 0. The van der Waals surface area contributed by atoms with Gasteiger partial charge in [0.1, 0.15) is 5.69 Å². The molecule has 0 aliphatic carbocycles. The zero-order valence-electron chi connectivity index (χ0n) is 11.5. The zero-order valence-corrected chi connectivity index (χ0v) is 11.5. The van der Waals surface area contributed by atoms with Gasteiger partial charge in [0.25, 0.3) is 5.91 Å². The van der Waals surface area contributed by atoms with Gasteiger partial charge in [0.05, 0.1) is 12.6 Å². The third-order valence-electron chi connectivity index (χ3n) is 2.81. The molecule has 0 radical (unpaired) electrons. The molecule has 0 saturated heterocycles. The number of aliphatic hydroxyl groups is 1. The summed E-state index contributed by atoms with van der Waals surface area (Å²) in [4.78, 5) is 11.9. The molecule has 0 aliphatic rings.